The standard InChI is InChI=1S/C17H14Cl2N2/c18-11-7-8-12(13(19)9-11)17-20-14-5-1-3-10-4-2-6-15(21-17)16(10)14/h1-8,11,17,20-21H,9H2. The fourth-order valence-electron chi connectivity index (χ4n) is 2.99. The van der Waals surface area contributed by atoms with Crippen LogP contribution in [0, 0.1) is 0 Å². The van der Waals surface area contributed by atoms with Crippen molar-refractivity contribution in [2.24, 2.45) is 0 Å². The fourth-order valence-corrected chi connectivity index (χ4v) is 3.64. The summed E-state index contributed by atoms with van der Waals surface area (Å²) in [6.07, 6.45) is 4.66. The number of alkyl halides is 1. The molecule has 0 bridgehead atoms. The zero-order chi connectivity index (χ0) is 14.4. The monoisotopic (exact) mass is 316 g/mol. The summed E-state index contributed by atoms with van der Waals surface area (Å²) < 4.78 is 0. The molecule has 2 aromatic carbocycles. The second-order valence-corrected chi connectivity index (χ2v) is 6.39. The quantitative estimate of drug-likeness (QED) is 0.718. The van der Waals surface area contributed by atoms with Crippen LogP contribution in [0.4, 0.5) is 11.4 Å². The van der Waals surface area contributed by atoms with E-state index in [1.54, 1.807) is 0 Å². The van der Waals surface area contributed by atoms with Gasteiger partial charge in [0.2, 0.25) is 0 Å². The van der Waals surface area contributed by atoms with E-state index in [1.807, 2.05) is 12.2 Å². The van der Waals surface area contributed by atoms with Gasteiger partial charge in [-0.2, -0.15) is 0 Å². The smallest absolute Gasteiger partial charge is 0.124 e. The molecule has 0 aromatic heterocycles. The highest BCUT2D eigenvalue weighted by Crippen LogP contribution is 2.38. The van der Waals surface area contributed by atoms with E-state index in [2.05, 4.69) is 47.0 Å². The zero-order valence-electron chi connectivity index (χ0n) is 11.2. The molecule has 4 rings (SSSR count). The van der Waals surface area contributed by atoms with Crippen LogP contribution >= 0.6 is 23.2 Å². The van der Waals surface area contributed by atoms with Gasteiger partial charge in [-0.05, 0) is 17.5 Å². The number of benzene rings is 2. The van der Waals surface area contributed by atoms with Gasteiger partial charge < -0.3 is 10.6 Å². The topological polar surface area (TPSA) is 24.1 Å². The van der Waals surface area contributed by atoms with Gasteiger partial charge in [-0.3, -0.25) is 0 Å². The second kappa shape index (κ2) is 4.97. The molecule has 1 unspecified atom stereocenters. The van der Waals surface area contributed by atoms with Gasteiger partial charge in [0, 0.05) is 33.8 Å². The van der Waals surface area contributed by atoms with E-state index in [0.29, 0.717) is 6.42 Å². The summed E-state index contributed by atoms with van der Waals surface area (Å²) in [4.78, 5) is 0. The summed E-state index contributed by atoms with van der Waals surface area (Å²) >= 11 is 12.5. The molecule has 2 aliphatic rings. The van der Waals surface area contributed by atoms with Crippen LogP contribution in [0.2, 0.25) is 0 Å². The minimum Gasteiger partial charge on any atom is -0.361 e. The van der Waals surface area contributed by atoms with Crippen molar-refractivity contribution in [3.05, 3.63) is 59.2 Å². The second-order valence-electron chi connectivity index (χ2n) is 5.37. The normalized spacial score (nSPS) is 21.3. The molecule has 1 aliphatic carbocycles. The van der Waals surface area contributed by atoms with E-state index in [4.69, 9.17) is 23.2 Å². The van der Waals surface area contributed by atoms with E-state index in [9.17, 15) is 0 Å². The van der Waals surface area contributed by atoms with E-state index in [0.717, 1.165) is 22.0 Å². The Kier molecular flexibility index (Phi) is 3.09. The lowest BCUT2D eigenvalue weighted by Gasteiger charge is -2.32. The summed E-state index contributed by atoms with van der Waals surface area (Å²) in [7, 11) is 0. The van der Waals surface area contributed by atoms with Crippen molar-refractivity contribution in [3.8, 4) is 0 Å². The Morgan fingerprint density at radius 3 is 2.29 bits per heavy atom. The lowest BCUT2D eigenvalue weighted by Crippen LogP contribution is -2.34. The van der Waals surface area contributed by atoms with Crippen molar-refractivity contribution in [2.75, 3.05) is 10.6 Å². The van der Waals surface area contributed by atoms with Crippen molar-refractivity contribution >= 4 is 45.3 Å². The number of halogens is 2. The number of rotatable bonds is 1. The molecule has 1 aliphatic heterocycles. The first-order valence-corrected chi connectivity index (χ1v) is 7.79. The van der Waals surface area contributed by atoms with Crippen molar-refractivity contribution in [2.45, 2.75) is 18.0 Å². The van der Waals surface area contributed by atoms with Crippen molar-refractivity contribution in [1.29, 1.82) is 0 Å². The van der Waals surface area contributed by atoms with Crippen LogP contribution in [-0.4, -0.2) is 11.5 Å². The molecule has 0 fully saturated rings. The van der Waals surface area contributed by atoms with Crippen LogP contribution in [0.3, 0.4) is 0 Å². The maximum atomic E-state index is 6.40. The highest BCUT2D eigenvalue weighted by molar-refractivity contribution is 6.32. The number of nitrogens with one attached hydrogen (secondary N) is 2. The Morgan fingerprint density at radius 2 is 1.67 bits per heavy atom. The average molecular weight is 317 g/mol. The molecule has 0 spiro atoms. The van der Waals surface area contributed by atoms with E-state index in [-0.39, 0.29) is 11.5 Å². The minimum absolute atomic E-state index is 0.0134. The molecule has 0 saturated heterocycles. The van der Waals surface area contributed by atoms with Gasteiger partial charge in [-0.15, -0.1) is 11.6 Å². The number of allylic oxidation sites excluding steroid dienone is 2. The predicted molar refractivity (Wildman–Crippen MR) is 91.3 cm³/mol. The zero-order valence-corrected chi connectivity index (χ0v) is 12.7. The minimum atomic E-state index is -0.0292. The first-order valence-electron chi connectivity index (χ1n) is 6.98. The highest BCUT2D eigenvalue weighted by atomic mass is 35.5. The summed E-state index contributed by atoms with van der Waals surface area (Å²) in [5, 5.41) is 10.3. The van der Waals surface area contributed by atoms with E-state index in [1.165, 1.54) is 10.8 Å². The predicted octanol–water partition coefficient (Wildman–Crippen LogP) is 5.06. The Hall–Kier alpha value is -1.64. The fraction of sp³-hybridized carbons (Fsp3) is 0.176. The first kappa shape index (κ1) is 13.1. The van der Waals surface area contributed by atoms with Gasteiger partial charge in [-0.25, -0.2) is 0 Å². The summed E-state index contributed by atoms with van der Waals surface area (Å²) in [5.74, 6) is 0. The number of anilines is 2. The Bertz CT molecular complexity index is 739. The summed E-state index contributed by atoms with van der Waals surface area (Å²) in [6.45, 7) is 0. The molecule has 0 amide bonds. The first-order chi connectivity index (χ1) is 10.2. The third-order valence-corrected chi connectivity index (χ3v) is 4.66. The molecule has 2 aromatic rings. The molecule has 1 heterocycles. The molecule has 0 radical (unpaired) electrons. The van der Waals surface area contributed by atoms with Crippen molar-refractivity contribution in [3.63, 3.8) is 0 Å². The largest absolute Gasteiger partial charge is 0.361 e. The maximum absolute atomic E-state index is 6.40. The average Bonchev–Trinajstić information content (AvgIpc) is 2.47. The third kappa shape index (κ3) is 2.19. The van der Waals surface area contributed by atoms with Crippen LogP contribution in [0.25, 0.3) is 10.8 Å². The SMILES string of the molecule is ClC1=C(C2Nc3cccc4cccc(c34)N2)C=CC(Cl)C1. The molecule has 106 valence electrons. The lowest BCUT2D eigenvalue weighted by molar-refractivity contribution is 0.905. The van der Waals surface area contributed by atoms with Gasteiger partial charge in [-0.1, -0.05) is 48.0 Å². The Balaban J connectivity index is 1.77. The number of hydrogen-bond acceptors (Lipinski definition) is 2. The van der Waals surface area contributed by atoms with Crippen molar-refractivity contribution in [1.82, 2.24) is 0 Å². The highest BCUT2D eigenvalue weighted by Gasteiger charge is 2.24. The molecular weight excluding hydrogens is 303 g/mol. The van der Waals surface area contributed by atoms with Crippen molar-refractivity contribution < 1.29 is 0 Å². The molecule has 0 saturated carbocycles. The third-order valence-electron chi connectivity index (χ3n) is 3.99. The van der Waals surface area contributed by atoms with Gasteiger partial charge in [0.05, 0.1) is 5.38 Å². The molecule has 1 atom stereocenters. The van der Waals surface area contributed by atoms with Gasteiger partial charge in [0.1, 0.15) is 6.17 Å². The molecule has 4 heteroatoms. The Morgan fingerprint density at radius 1 is 1.00 bits per heavy atom. The van der Waals surface area contributed by atoms with Crippen LogP contribution < -0.4 is 10.6 Å². The van der Waals surface area contributed by atoms with E-state index < -0.39 is 0 Å². The summed E-state index contributed by atoms with van der Waals surface area (Å²) in [6, 6.07) is 12.6. The van der Waals surface area contributed by atoms with E-state index >= 15 is 0 Å². The van der Waals surface area contributed by atoms with Gasteiger partial charge in [0.15, 0.2) is 0 Å². The molecule has 2 nitrogen and oxygen atoms in total. The lowest BCUT2D eigenvalue weighted by atomic mass is 9.99. The van der Waals surface area contributed by atoms with Gasteiger partial charge in [0.25, 0.3) is 0 Å². The maximum Gasteiger partial charge on any atom is 0.124 e. The Labute approximate surface area is 133 Å². The van der Waals surface area contributed by atoms with Gasteiger partial charge >= 0.3 is 0 Å². The number of hydrogen-bond donors (Lipinski definition) is 2. The molecule has 21 heavy (non-hydrogen) atoms. The molecular formula is C17H14Cl2N2. The summed E-state index contributed by atoms with van der Waals surface area (Å²) in [5.41, 5.74) is 3.32. The van der Waals surface area contributed by atoms with Crippen LogP contribution in [-0.2, 0) is 0 Å². The molecule has 2 N–H and O–H groups in total. The van der Waals surface area contributed by atoms with Crippen LogP contribution in [0.5, 0.6) is 0 Å². The van der Waals surface area contributed by atoms with Crippen LogP contribution in [0.1, 0.15) is 6.42 Å². The van der Waals surface area contributed by atoms with Crippen LogP contribution in [0.15, 0.2) is 59.2 Å².